The van der Waals surface area contributed by atoms with Crippen molar-refractivity contribution in [2.45, 2.75) is 0 Å². The summed E-state index contributed by atoms with van der Waals surface area (Å²) in [6, 6.07) is 16.7. The van der Waals surface area contributed by atoms with Gasteiger partial charge in [0.15, 0.2) is 0 Å². The fourth-order valence-corrected chi connectivity index (χ4v) is 1.61. The molecule has 2 N–H and O–H groups in total. The molecule has 80 valence electrons. The van der Waals surface area contributed by atoms with Crippen LogP contribution < -0.4 is 5.32 Å². The van der Waals surface area contributed by atoms with Crippen LogP contribution in [0.3, 0.4) is 0 Å². The third-order valence-corrected chi connectivity index (χ3v) is 2.53. The van der Waals surface area contributed by atoms with Gasteiger partial charge in [0.2, 0.25) is 0 Å². The molecule has 0 bridgehead atoms. The van der Waals surface area contributed by atoms with Crippen LogP contribution in [0.1, 0.15) is 5.56 Å². The fraction of sp³-hybridized carbons (Fsp3) is 0. The van der Waals surface area contributed by atoms with E-state index in [9.17, 15) is 5.11 Å². The van der Waals surface area contributed by atoms with Crippen molar-refractivity contribution in [1.29, 1.82) is 0 Å². The van der Waals surface area contributed by atoms with Crippen molar-refractivity contribution in [3.05, 3.63) is 60.2 Å². The zero-order valence-corrected chi connectivity index (χ0v) is 9.37. The first-order valence-electron chi connectivity index (χ1n) is 4.92. The number of phenols is 1. The van der Waals surface area contributed by atoms with E-state index in [1.807, 2.05) is 36.4 Å². The average Bonchev–Trinajstić information content (AvgIpc) is 2.33. The van der Waals surface area contributed by atoms with Crippen LogP contribution >= 0.6 is 12.2 Å². The Bertz CT molecular complexity index is 496. The summed E-state index contributed by atoms with van der Waals surface area (Å²) in [6.45, 7) is 0. The van der Waals surface area contributed by atoms with Gasteiger partial charge in [-0.05, 0) is 12.1 Å². The largest absolute Gasteiger partial charge is 0.506 e. The highest BCUT2D eigenvalue weighted by Gasteiger charge is 2.03. The molecule has 0 radical (unpaired) electrons. The molecule has 0 heterocycles. The third-order valence-electron chi connectivity index (χ3n) is 2.19. The number of thiocarbonyl (C=S) groups is 1. The van der Waals surface area contributed by atoms with Gasteiger partial charge in [0.05, 0.1) is 5.69 Å². The lowest BCUT2D eigenvalue weighted by Crippen LogP contribution is -2.10. The molecular weight excluding hydrogens is 218 g/mol. The Morgan fingerprint density at radius 1 is 0.938 bits per heavy atom. The minimum Gasteiger partial charge on any atom is -0.506 e. The minimum atomic E-state index is 0.195. The number of rotatable bonds is 2. The molecule has 0 aliphatic rings. The van der Waals surface area contributed by atoms with Crippen LogP contribution in [0.2, 0.25) is 0 Å². The molecule has 0 saturated heterocycles. The normalized spacial score (nSPS) is 9.75. The van der Waals surface area contributed by atoms with Gasteiger partial charge in [-0.1, -0.05) is 54.7 Å². The SMILES string of the molecule is Oc1ccccc1NC(=S)c1ccccc1. The van der Waals surface area contributed by atoms with E-state index in [1.165, 1.54) is 0 Å². The van der Waals surface area contributed by atoms with Crippen LogP contribution in [0.25, 0.3) is 0 Å². The molecule has 0 spiro atoms. The topological polar surface area (TPSA) is 32.3 Å². The summed E-state index contributed by atoms with van der Waals surface area (Å²) in [5.74, 6) is 0.195. The van der Waals surface area contributed by atoms with E-state index in [2.05, 4.69) is 5.32 Å². The molecule has 0 aliphatic carbocycles. The predicted molar refractivity (Wildman–Crippen MR) is 69.9 cm³/mol. The summed E-state index contributed by atoms with van der Waals surface area (Å²) in [6.07, 6.45) is 0. The van der Waals surface area contributed by atoms with Crippen LogP contribution in [0, 0.1) is 0 Å². The molecule has 2 rings (SSSR count). The lowest BCUT2D eigenvalue weighted by Gasteiger charge is -2.09. The Kier molecular flexibility index (Phi) is 3.17. The van der Waals surface area contributed by atoms with Gasteiger partial charge in [0.1, 0.15) is 10.7 Å². The van der Waals surface area contributed by atoms with Gasteiger partial charge in [0.25, 0.3) is 0 Å². The number of aromatic hydroxyl groups is 1. The standard InChI is InChI=1S/C13H11NOS/c15-12-9-5-4-8-11(12)14-13(16)10-6-2-1-3-7-10/h1-9,15H,(H,14,16). The molecular formula is C13H11NOS. The fourth-order valence-electron chi connectivity index (χ4n) is 1.36. The van der Waals surface area contributed by atoms with E-state index in [0.717, 1.165) is 5.56 Å². The third kappa shape index (κ3) is 2.38. The molecule has 16 heavy (non-hydrogen) atoms. The number of phenolic OH excluding ortho intramolecular Hbond substituents is 1. The first-order valence-corrected chi connectivity index (χ1v) is 5.32. The van der Waals surface area contributed by atoms with Gasteiger partial charge >= 0.3 is 0 Å². The molecule has 0 amide bonds. The van der Waals surface area contributed by atoms with Crippen LogP contribution in [0.5, 0.6) is 5.75 Å². The second-order valence-corrected chi connectivity index (χ2v) is 3.75. The van der Waals surface area contributed by atoms with Crippen molar-refractivity contribution in [2.75, 3.05) is 5.32 Å². The highest BCUT2D eigenvalue weighted by atomic mass is 32.1. The monoisotopic (exact) mass is 229 g/mol. The van der Waals surface area contributed by atoms with E-state index in [1.54, 1.807) is 18.2 Å². The Labute approximate surface area is 99.6 Å². The molecule has 2 aromatic carbocycles. The summed E-state index contributed by atoms with van der Waals surface area (Å²) < 4.78 is 0. The van der Waals surface area contributed by atoms with E-state index in [4.69, 9.17) is 12.2 Å². The Morgan fingerprint density at radius 3 is 2.25 bits per heavy atom. The van der Waals surface area contributed by atoms with Crippen molar-refractivity contribution >= 4 is 22.9 Å². The van der Waals surface area contributed by atoms with Crippen molar-refractivity contribution in [1.82, 2.24) is 0 Å². The first kappa shape index (κ1) is 10.6. The van der Waals surface area contributed by atoms with E-state index < -0.39 is 0 Å². The summed E-state index contributed by atoms with van der Waals surface area (Å²) >= 11 is 5.24. The number of hydrogen-bond acceptors (Lipinski definition) is 2. The van der Waals surface area contributed by atoms with Crippen molar-refractivity contribution in [3.63, 3.8) is 0 Å². The summed E-state index contributed by atoms with van der Waals surface area (Å²) in [5.41, 5.74) is 1.55. The molecule has 0 aromatic heterocycles. The van der Waals surface area contributed by atoms with Crippen LogP contribution in [0.4, 0.5) is 5.69 Å². The van der Waals surface area contributed by atoms with E-state index in [-0.39, 0.29) is 5.75 Å². The van der Waals surface area contributed by atoms with Gasteiger partial charge in [-0.15, -0.1) is 0 Å². The molecule has 0 aliphatic heterocycles. The number of para-hydroxylation sites is 2. The zero-order chi connectivity index (χ0) is 11.4. The summed E-state index contributed by atoms with van der Waals surface area (Å²) in [4.78, 5) is 0.599. The molecule has 3 heteroatoms. The molecule has 0 atom stereocenters. The van der Waals surface area contributed by atoms with Crippen molar-refractivity contribution in [3.8, 4) is 5.75 Å². The quantitative estimate of drug-likeness (QED) is 0.612. The molecule has 2 aromatic rings. The van der Waals surface area contributed by atoms with E-state index in [0.29, 0.717) is 10.7 Å². The Morgan fingerprint density at radius 2 is 1.56 bits per heavy atom. The van der Waals surface area contributed by atoms with Crippen LogP contribution in [-0.4, -0.2) is 10.1 Å². The van der Waals surface area contributed by atoms with Gasteiger partial charge < -0.3 is 10.4 Å². The predicted octanol–water partition coefficient (Wildman–Crippen LogP) is 3.18. The summed E-state index contributed by atoms with van der Waals surface area (Å²) in [7, 11) is 0. The maximum atomic E-state index is 9.58. The van der Waals surface area contributed by atoms with Crippen LogP contribution in [0.15, 0.2) is 54.6 Å². The highest BCUT2D eigenvalue weighted by molar-refractivity contribution is 7.81. The van der Waals surface area contributed by atoms with Gasteiger partial charge in [-0.3, -0.25) is 0 Å². The van der Waals surface area contributed by atoms with Crippen molar-refractivity contribution < 1.29 is 5.11 Å². The number of anilines is 1. The average molecular weight is 229 g/mol. The van der Waals surface area contributed by atoms with Gasteiger partial charge in [-0.25, -0.2) is 0 Å². The Hall–Kier alpha value is -1.87. The lowest BCUT2D eigenvalue weighted by molar-refractivity contribution is 0.478. The molecule has 0 saturated carbocycles. The lowest BCUT2D eigenvalue weighted by atomic mass is 10.2. The smallest absolute Gasteiger partial charge is 0.139 e. The van der Waals surface area contributed by atoms with E-state index >= 15 is 0 Å². The Balaban J connectivity index is 2.18. The second kappa shape index (κ2) is 4.77. The van der Waals surface area contributed by atoms with Gasteiger partial charge in [-0.2, -0.15) is 0 Å². The van der Waals surface area contributed by atoms with Crippen molar-refractivity contribution in [2.24, 2.45) is 0 Å². The van der Waals surface area contributed by atoms with Gasteiger partial charge in [0, 0.05) is 5.56 Å². The number of benzene rings is 2. The second-order valence-electron chi connectivity index (χ2n) is 3.34. The zero-order valence-electron chi connectivity index (χ0n) is 8.55. The van der Waals surface area contributed by atoms with Crippen LogP contribution in [-0.2, 0) is 0 Å². The highest BCUT2D eigenvalue weighted by Crippen LogP contribution is 2.22. The maximum absolute atomic E-state index is 9.58. The minimum absolute atomic E-state index is 0.195. The maximum Gasteiger partial charge on any atom is 0.139 e. The molecule has 0 fully saturated rings. The first-order chi connectivity index (χ1) is 7.77. The summed E-state index contributed by atoms with van der Waals surface area (Å²) in [5, 5.41) is 12.6. The molecule has 0 unspecified atom stereocenters. The number of hydrogen-bond donors (Lipinski definition) is 2. The molecule has 2 nitrogen and oxygen atoms in total. The number of nitrogens with one attached hydrogen (secondary N) is 1.